The standard InChI is InChI=1S/C9H14N2O3/c1-3-14-8(12)4-5-11-9(13)7(2)6-10/h7H,3-5H2,1-2H3,(H,11,13). The number of carbonyl (C=O) groups excluding carboxylic acids is 2. The third-order valence-electron chi connectivity index (χ3n) is 1.52. The molecule has 5 heteroatoms. The molecular formula is C9H14N2O3. The van der Waals surface area contributed by atoms with Crippen molar-refractivity contribution in [2.24, 2.45) is 5.92 Å². The van der Waals surface area contributed by atoms with Crippen molar-refractivity contribution in [1.82, 2.24) is 5.32 Å². The largest absolute Gasteiger partial charge is 0.466 e. The van der Waals surface area contributed by atoms with Gasteiger partial charge >= 0.3 is 5.97 Å². The normalized spacial score (nSPS) is 11.2. The van der Waals surface area contributed by atoms with Crippen molar-refractivity contribution in [3.63, 3.8) is 0 Å². The van der Waals surface area contributed by atoms with Crippen molar-refractivity contribution < 1.29 is 14.3 Å². The van der Waals surface area contributed by atoms with Gasteiger partial charge in [-0.1, -0.05) is 0 Å². The number of hydrogen-bond donors (Lipinski definition) is 1. The summed E-state index contributed by atoms with van der Waals surface area (Å²) in [6.07, 6.45) is 0.137. The van der Waals surface area contributed by atoms with Crippen LogP contribution in [0, 0.1) is 17.2 Å². The second-order valence-corrected chi connectivity index (χ2v) is 2.70. The Labute approximate surface area is 83.0 Å². The van der Waals surface area contributed by atoms with Crippen LogP contribution in [-0.2, 0) is 14.3 Å². The SMILES string of the molecule is CCOC(=O)CCNC(=O)C(C)C#N. The van der Waals surface area contributed by atoms with Gasteiger partial charge in [-0.15, -0.1) is 0 Å². The fourth-order valence-electron chi connectivity index (χ4n) is 0.733. The molecule has 0 bridgehead atoms. The first-order chi connectivity index (χ1) is 6.61. The molecule has 78 valence electrons. The fourth-order valence-corrected chi connectivity index (χ4v) is 0.733. The molecule has 0 aromatic heterocycles. The first-order valence-corrected chi connectivity index (χ1v) is 4.44. The molecule has 5 nitrogen and oxygen atoms in total. The number of amides is 1. The quantitative estimate of drug-likeness (QED) is 0.641. The van der Waals surface area contributed by atoms with Gasteiger partial charge in [0, 0.05) is 6.54 Å². The summed E-state index contributed by atoms with van der Waals surface area (Å²) in [6, 6.07) is 1.80. The van der Waals surface area contributed by atoms with Crippen LogP contribution < -0.4 is 5.32 Å². The maximum atomic E-state index is 11.0. The summed E-state index contributed by atoms with van der Waals surface area (Å²) in [7, 11) is 0. The lowest BCUT2D eigenvalue weighted by molar-refractivity contribution is -0.143. The van der Waals surface area contributed by atoms with Crippen LogP contribution in [0.2, 0.25) is 0 Å². The molecule has 0 aliphatic rings. The van der Waals surface area contributed by atoms with Crippen LogP contribution in [0.15, 0.2) is 0 Å². The Morgan fingerprint density at radius 3 is 2.71 bits per heavy atom. The second kappa shape index (κ2) is 6.89. The molecule has 0 spiro atoms. The maximum absolute atomic E-state index is 11.0. The first-order valence-electron chi connectivity index (χ1n) is 4.44. The van der Waals surface area contributed by atoms with E-state index in [0.717, 1.165) is 0 Å². The predicted octanol–water partition coefficient (Wildman–Crippen LogP) is 0.215. The Bertz CT molecular complexity index is 245. The van der Waals surface area contributed by atoms with Gasteiger partial charge in [0.05, 0.1) is 19.1 Å². The van der Waals surface area contributed by atoms with Gasteiger partial charge in [0.1, 0.15) is 5.92 Å². The number of hydrogen-bond acceptors (Lipinski definition) is 4. The Morgan fingerprint density at radius 2 is 2.21 bits per heavy atom. The van der Waals surface area contributed by atoms with Crippen LogP contribution in [0.4, 0.5) is 0 Å². The van der Waals surface area contributed by atoms with E-state index in [1.165, 1.54) is 6.92 Å². The van der Waals surface area contributed by atoms with Gasteiger partial charge < -0.3 is 10.1 Å². The highest BCUT2D eigenvalue weighted by Gasteiger charge is 2.11. The molecule has 1 atom stereocenters. The summed E-state index contributed by atoms with van der Waals surface area (Å²) in [5, 5.41) is 10.9. The van der Waals surface area contributed by atoms with E-state index in [1.54, 1.807) is 13.0 Å². The minimum atomic E-state index is -0.683. The van der Waals surface area contributed by atoms with Gasteiger partial charge in [-0.05, 0) is 13.8 Å². The zero-order chi connectivity index (χ0) is 11.0. The van der Waals surface area contributed by atoms with Crippen molar-refractivity contribution in [2.75, 3.05) is 13.2 Å². The Balaban J connectivity index is 3.60. The molecule has 0 aliphatic heterocycles. The highest BCUT2D eigenvalue weighted by Crippen LogP contribution is 1.91. The van der Waals surface area contributed by atoms with Gasteiger partial charge in [0.25, 0.3) is 0 Å². The lowest BCUT2D eigenvalue weighted by atomic mass is 10.2. The molecule has 14 heavy (non-hydrogen) atoms. The number of ether oxygens (including phenoxy) is 1. The zero-order valence-corrected chi connectivity index (χ0v) is 8.37. The molecule has 0 heterocycles. The molecule has 0 fully saturated rings. The van der Waals surface area contributed by atoms with E-state index < -0.39 is 5.92 Å². The van der Waals surface area contributed by atoms with Gasteiger partial charge in [-0.25, -0.2) is 0 Å². The number of nitrogens with one attached hydrogen (secondary N) is 1. The van der Waals surface area contributed by atoms with Gasteiger partial charge in [-0.2, -0.15) is 5.26 Å². The Morgan fingerprint density at radius 1 is 1.57 bits per heavy atom. The van der Waals surface area contributed by atoms with Crippen LogP contribution in [-0.4, -0.2) is 25.0 Å². The van der Waals surface area contributed by atoms with Crippen molar-refractivity contribution in [2.45, 2.75) is 20.3 Å². The van der Waals surface area contributed by atoms with Gasteiger partial charge in [0.15, 0.2) is 0 Å². The van der Waals surface area contributed by atoms with Crippen LogP contribution in [0.5, 0.6) is 0 Å². The van der Waals surface area contributed by atoms with Crippen molar-refractivity contribution in [3.8, 4) is 6.07 Å². The van der Waals surface area contributed by atoms with Crippen molar-refractivity contribution in [3.05, 3.63) is 0 Å². The maximum Gasteiger partial charge on any atom is 0.307 e. The smallest absolute Gasteiger partial charge is 0.307 e. The Hall–Kier alpha value is -1.57. The lowest BCUT2D eigenvalue weighted by Gasteiger charge is -2.05. The third-order valence-corrected chi connectivity index (χ3v) is 1.52. The van der Waals surface area contributed by atoms with E-state index >= 15 is 0 Å². The summed E-state index contributed by atoms with van der Waals surface area (Å²) in [5.41, 5.74) is 0. The van der Waals surface area contributed by atoms with Crippen LogP contribution in [0.1, 0.15) is 20.3 Å². The van der Waals surface area contributed by atoms with E-state index in [-0.39, 0.29) is 24.8 Å². The second-order valence-electron chi connectivity index (χ2n) is 2.70. The van der Waals surface area contributed by atoms with E-state index in [0.29, 0.717) is 6.61 Å². The number of nitrogens with zero attached hydrogens (tertiary/aromatic N) is 1. The molecule has 0 saturated heterocycles. The predicted molar refractivity (Wildman–Crippen MR) is 49.0 cm³/mol. The monoisotopic (exact) mass is 198 g/mol. The van der Waals surface area contributed by atoms with E-state index in [4.69, 9.17) is 5.26 Å². The summed E-state index contributed by atoms with van der Waals surface area (Å²) in [4.78, 5) is 21.9. The summed E-state index contributed by atoms with van der Waals surface area (Å²) in [5.74, 6) is -1.40. The highest BCUT2D eigenvalue weighted by molar-refractivity contribution is 5.81. The molecule has 0 saturated carbocycles. The molecule has 0 radical (unpaired) electrons. The average molecular weight is 198 g/mol. The van der Waals surface area contributed by atoms with Gasteiger partial charge in [-0.3, -0.25) is 9.59 Å². The zero-order valence-electron chi connectivity index (χ0n) is 8.37. The molecule has 0 aromatic rings. The summed E-state index contributed by atoms with van der Waals surface area (Å²) >= 11 is 0. The molecule has 0 aliphatic carbocycles. The van der Waals surface area contributed by atoms with Crippen LogP contribution in [0.25, 0.3) is 0 Å². The molecular weight excluding hydrogens is 184 g/mol. The topological polar surface area (TPSA) is 79.2 Å². The molecule has 0 aromatic carbocycles. The minimum Gasteiger partial charge on any atom is -0.466 e. The van der Waals surface area contributed by atoms with Crippen molar-refractivity contribution in [1.29, 1.82) is 5.26 Å². The van der Waals surface area contributed by atoms with E-state index in [1.807, 2.05) is 0 Å². The number of esters is 1. The van der Waals surface area contributed by atoms with Gasteiger partial charge in [0.2, 0.25) is 5.91 Å². The van der Waals surface area contributed by atoms with E-state index in [9.17, 15) is 9.59 Å². The molecule has 1 amide bonds. The molecule has 1 N–H and O–H groups in total. The highest BCUT2D eigenvalue weighted by atomic mass is 16.5. The third kappa shape index (κ3) is 5.14. The van der Waals surface area contributed by atoms with Crippen LogP contribution >= 0.6 is 0 Å². The molecule has 0 rings (SSSR count). The fraction of sp³-hybridized carbons (Fsp3) is 0.667. The number of carbonyl (C=O) groups is 2. The van der Waals surface area contributed by atoms with E-state index in [2.05, 4.69) is 10.1 Å². The van der Waals surface area contributed by atoms with Crippen molar-refractivity contribution >= 4 is 11.9 Å². The number of nitriles is 1. The number of rotatable bonds is 5. The Kier molecular flexibility index (Phi) is 6.12. The summed E-state index contributed by atoms with van der Waals surface area (Å²) in [6.45, 7) is 3.76. The average Bonchev–Trinajstić information content (AvgIpc) is 2.16. The lowest BCUT2D eigenvalue weighted by Crippen LogP contribution is -2.30. The first kappa shape index (κ1) is 12.4. The molecule has 1 unspecified atom stereocenters. The summed E-state index contributed by atoms with van der Waals surface area (Å²) < 4.78 is 4.66. The minimum absolute atomic E-state index is 0.137. The van der Waals surface area contributed by atoms with Crippen LogP contribution in [0.3, 0.4) is 0 Å².